The van der Waals surface area contributed by atoms with Crippen molar-refractivity contribution in [2.75, 3.05) is 30.0 Å². The Bertz CT molecular complexity index is 1180. The van der Waals surface area contributed by atoms with Gasteiger partial charge in [0.1, 0.15) is 5.02 Å². The van der Waals surface area contributed by atoms with Gasteiger partial charge in [-0.2, -0.15) is 18.3 Å². The molecule has 1 saturated heterocycles. The fourth-order valence-electron chi connectivity index (χ4n) is 6.29. The van der Waals surface area contributed by atoms with E-state index in [4.69, 9.17) is 16.3 Å². The lowest BCUT2D eigenvalue weighted by atomic mass is 9.89. The predicted molar refractivity (Wildman–Crippen MR) is 136 cm³/mol. The van der Waals surface area contributed by atoms with Gasteiger partial charge in [0.05, 0.1) is 30.1 Å². The number of ether oxygens (including phenoxy) is 1. The summed E-state index contributed by atoms with van der Waals surface area (Å²) in [6, 6.07) is 6.09. The number of fused-ring (bicyclic) bond motifs is 1. The molecule has 4 fully saturated rings. The van der Waals surface area contributed by atoms with Gasteiger partial charge in [-0.25, -0.2) is 4.68 Å². The normalized spacial score (nSPS) is 29.5. The van der Waals surface area contributed by atoms with E-state index in [1.54, 1.807) is 18.3 Å². The Balaban J connectivity index is 1.09. The molecule has 4 aliphatic rings. The van der Waals surface area contributed by atoms with Gasteiger partial charge in [0.2, 0.25) is 0 Å². The molecule has 2 aromatic rings. The van der Waals surface area contributed by atoms with Crippen LogP contribution >= 0.6 is 11.6 Å². The largest absolute Gasteiger partial charge is 0.416 e. The Kier molecular flexibility index (Phi) is 6.63. The van der Waals surface area contributed by atoms with E-state index in [0.717, 1.165) is 64.0 Å². The molecule has 3 aliphatic carbocycles. The lowest BCUT2D eigenvalue weighted by Crippen LogP contribution is -2.41. The third kappa shape index (κ3) is 5.21. The van der Waals surface area contributed by atoms with Crippen LogP contribution < -0.4 is 15.8 Å². The molecule has 0 bridgehead atoms. The standard InChI is InChI=1S/C27H32ClF3N4O2/c28-25-24(32-12-17-15-37-14-16-11-23(16)17)13-33-35(26(25)36)22-9-7-21(8-10-22)34(20-5-6-20)19-3-1-18(2-4-19)27(29,30)31/h1-4,13,16-17,20-23,32H,5-12,14-15H2/t16-,17?,21?,22?,23?/m0/s1. The van der Waals surface area contributed by atoms with Gasteiger partial charge >= 0.3 is 6.18 Å². The van der Waals surface area contributed by atoms with Crippen molar-refractivity contribution < 1.29 is 17.9 Å². The quantitative estimate of drug-likeness (QED) is 0.487. The Morgan fingerprint density at radius 3 is 2.38 bits per heavy atom. The monoisotopic (exact) mass is 536 g/mol. The number of halogens is 4. The Morgan fingerprint density at radius 2 is 1.73 bits per heavy atom. The molecule has 3 atom stereocenters. The molecule has 37 heavy (non-hydrogen) atoms. The highest BCUT2D eigenvalue weighted by molar-refractivity contribution is 6.32. The van der Waals surface area contributed by atoms with Gasteiger partial charge in [0.25, 0.3) is 5.56 Å². The summed E-state index contributed by atoms with van der Waals surface area (Å²) in [7, 11) is 0. The highest BCUT2D eigenvalue weighted by atomic mass is 35.5. The number of hydrogen-bond acceptors (Lipinski definition) is 5. The first kappa shape index (κ1) is 25.0. The summed E-state index contributed by atoms with van der Waals surface area (Å²) in [5.41, 5.74) is 0.510. The van der Waals surface area contributed by atoms with Gasteiger partial charge in [-0.15, -0.1) is 0 Å². The summed E-state index contributed by atoms with van der Waals surface area (Å²) in [6.45, 7) is 2.33. The molecule has 10 heteroatoms. The van der Waals surface area contributed by atoms with Crippen LogP contribution in [0.1, 0.15) is 56.6 Å². The highest BCUT2D eigenvalue weighted by Gasteiger charge is 2.46. The first-order valence-electron chi connectivity index (χ1n) is 13.3. The second kappa shape index (κ2) is 9.80. The van der Waals surface area contributed by atoms with Crippen LogP contribution in [-0.4, -0.2) is 41.6 Å². The van der Waals surface area contributed by atoms with Gasteiger partial charge in [0, 0.05) is 36.8 Å². The highest BCUT2D eigenvalue weighted by Crippen LogP contribution is 2.47. The number of anilines is 2. The molecule has 1 N–H and O–H groups in total. The molecular formula is C27H32ClF3N4O2. The lowest BCUT2D eigenvalue weighted by molar-refractivity contribution is -0.137. The Hall–Kier alpha value is -2.26. The van der Waals surface area contributed by atoms with E-state index < -0.39 is 11.7 Å². The molecule has 0 radical (unpaired) electrons. The maximum Gasteiger partial charge on any atom is 0.416 e. The second-order valence-corrected chi connectivity index (χ2v) is 11.5. The number of nitrogens with one attached hydrogen (secondary N) is 1. The van der Waals surface area contributed by atoms with E-state index in [-0.39, 0.29) is 22.7 Å². The molecule has 0 spiro atoms. The molecule has 3 saturated carbocycles. The minimum Gasteiger partial charge on any atom is -0.382 e. The van der Waals surface area contributed by atoms with Crippen molar-refractivity contribution >= 4 is 23.0 Å². The molecule has 1 aromatic heterocycles. The maximum absolute atomic E-state index is 13.1. The molecule has 1 aromatic carbocycles. The number of hydrogen-bond donors (Lipinski definition) is 1. The van der Waals surface area contributed by atoms with Crippen molar-refractivity contribution in [3.05, 3.63) is 51.4 Å². The summed E-state index contributed by atoms with van der Waals surface area (Å²) < 4.78 is 46.2. The zero-order valence-corrected chi connectivity index (χ0v) is 21.3. The fourth-order valence-corrected chi connectivity index (χ4v) is 6.49. The van der Waals surface area contributed by atoms with Crippen LogP contribution in [0.25, 0.3) is 0 Å². The second-order valence-electron chi connectivity index (χ2n) is 11.1. The summed E-state index contributed by atoms with van der Waals surface area (Å²) in [5.74, 6) is 1.83. The van der Waals surface area contributed by atoms with Gasteiger partial charge in [-0.05, 0) is 81.0 Å². The Morgan fingerprint density at radius 1 is 1.05 bits per heavy atom. The van der Waals surface area contributed by atoms with Crippen LogP contribution in [0, 0.1) is 17.8 Å². The summed E-state index contributed by atoms with van der Waals surface area (Å²) in [6.07, 6.45) is 3.89. The van der Waals surface area contributed by atoms with Gasteiger partial charge in [-0.3, -0.25) is 4.79 Å². The first-order chi connectivity index (χ1) is 17.8. The zero-order chi connectivity index (χ0) is 25.7. The van der Waals surface area contributed by atoms with Crippen LogP contribution in [0.2, 0.25) is 5.02 Å². The van der Waals surface area contributed by atoms with Crippen molar-refractivity contribution in [2.45, 2.75) is 69.2 Å². The predicted octanol–water partition coefficient (Wildman–Crippen LogP) is 5.76. The van der Waals surface area contributed by atoms with E-state index in [1.807, 2.05) is 0 Å². The van der Waals surface area contributed by atoms with Gasteiger partial charge in [0.15, 0.2) is 0 Å². The molecule has 1 aliphatic heterocycles. The molecule has 2 unspecified atom stereocenters. The molecular weight excluding hydrogens is 505 g/mol. The Labute approximate surface area is 219 Å². The maximum atomic E-state index is 13.1. The third-order valence-corrected chi connectivity index (χ3v) is 8.95. The van der Waals surface area contributed by atoms with E-state index >= 15 is 0 Å². The molecule has 6 nitrogen and oxygen atoms in total. The lowest BCUT2D eigenvalue weighted by Gasteiger charge is -2.39. The minimum atomic E-state index is -4.34. The zero-order valence-electron chi connectivity index (χ0n) is 20.6. The van der Waals surface area contributed by atoms with Crippen molar-refractivity contribution in [3.63, 3.8) is 0 Å². The molecule has 6 rings (SSSR count). The van der Waals surface area contributed by atoms with E-state index in [0.29, 0.717) is 29.5 Å². The molecule has 2 heterocycles. The summed E-state index contributed by atoms with van der Waals surface area (Å²) >= 11 is 6.48. The van der Waals surface area contributed by atoms with Crippen LogP contribution in [0.15, 0.2) is 35.3 Å². The number of nitrogens with zero attached hydrogens (tertiary/aromatic N) is 3. The molecule has 200 valence electrons. The number of alkyl halides is 3. The topological polar surface area (TPSA) is 59.4 Å². The van der Waals surface area contributed by atoms with Crippen LogP contribution in [0.4, 0.5) is 24.5 Å². The van der Waals surface area contributed by atoms with Crippen molar-refractivity contribution in [2.24, 2.45) is 17.8 Å². The van der Waals surface area contributed by atoms with E-state index in [1.165, 1.54) is 23.2 Å². The molecule has 0 amide bonds. The average Bonchev–Trinajstić information content (AvgIpc) is 3.81. The SMILES string of the molecule is O=c1c(Cl)c(NCC2COC[C@@H]3CC23)cnn1C1CCC(N(c2ccc(C(F)(F)F)cc2)C2CC2)CC1. The van der Waals surface area contributed by atoms with Crippen molar-refractivity contribution in [1.29, 1.82) is 0 Å². The first-order valence-corrected chi connectivity index (χ1v) is 13.7. The number of benzene rings is 1. The van der Waals surface area contributed by atoms with Crippen LogP contribution in [0.5, 0.6) is 0 Å². The van der Waals surface area contributed by atoms with E-state index in [2.05, 4.69) is 15.3 Å². The smallest absolute Gasteiger partial charge is 0.382 e. The van der Waals surface area contributed by atoms with Gasteiger partial charge in [-0.1, -0.05) is 11.6 Å². The van der Waals surface area contributed by atoms with Crippen LogP contribution in [0.3, 0.4) is 0 Å². The number of rotatable bonds is 7. The van der Waals surface area contributed by atoms with Crippen molar-refractivity contribution in [1.82, 2.24) is 9.78 Å². The van der Waals surface area contributed by atoms with Gasteiger partial charge < -0.3 is 15.0 Å². The number of aromatic nitrogens is 2. The van der Waals surface area contributed by atoms with E-state index in [9.17, 15) is 18.0 Å². The summed E-state index contributed by atoms with van der Waals surface area (Å²) in [4.78, 5) is 15.4. The third-order valence-electron chi connectivity index (χ3n) is 8.58. The minimum absolute atomic E-state index is 0.0390. The average molecular weight is 537 g/mol. The summed E-state index contributed by atoms with van der Waals surface area (Å²) in [5, 5.41) is 7.96. The van der Waals surface area contributed by atoms with Crippen LogP contribution in [-0.2, 0) is 10.9 Å². The van der Waals surface area contributed by atoms with Crippen molar-refractivity contribution in [3.8, 4) is 0 Å². The fraction of sp³-hybridized carbons (Fsp3) is 0.630.